The van der Waals surface area contributed by atoms with Crippen molar-refractivity contribution in [1.29, 1.82) is 0 Å². The maximum absolute atomic E-state index is 4.43. The summed E-state index contributed by atoms with van der Waals surface area (Å²) in [5, 5.41) is 0. The highest BCUT2D eigenvalue weighted by atomic mass is 14.4. The molecule has 0 heteroatoms. The van der Waals surface area contributed by atoms with Gasteiger partial charge in [-0.05, 0) is 52.3 Å². The van der Waals surface area contributed by atoms with Gasteiger partial charge in [0.15, 0.2) is 0 Å². The number of rotatable bonds is 5. The van der Waals surface area contributed by atoms with Gasteiger partial charge in [-0.1, -0.05) is 118 Å². The van der Waals surface area contributed by atoms with Crippen molar-refractivity contribution >= 4 is 5.57 Å². The lowest BCUT2D eigenvalue weighted by Crippen LogP contribution is -2.26. The molecular formula is C29H30. The Morgan fingerprint density at radius 2 is 1.28 bits per heavy atom. The van der Waals surface area contributed by atoms with Gasteiger partial charge in [0, 0.05) is 5.41 Å². The number of hydrogen-bond acceptors (Lipinski definition) is 0. The molecule has 3 aromatic rings. The van der Waals surface area contributed by atoms with E-state index >= 15 is 0 Å². The lowest BCUT2D eigenvalue weighted by atomic mass is 9.70. The minimum absolute atomic E-state index is 0.259. The largest absolute Gasteiger partial charge is 0.0988 e. The van der Waals surface area contributed by atoms with Crippen LogP contribution in [0.3, 0.4) is 0 Å². The Morgan fingerprint density at radius 1 is 0.793 bits per heavy atom. The minimum Gasteiger partial charge on any atom is -0.0988 e. The Morgan fingerprint density at radius 3 is 1.79 bits per heavy atom. The molecule has 0 nitrogen and oxygen atoms in total. The predicted molar refractivity (Wildman–Crippen MR) is 128 cm³/mol. The molecule has 0 atom stereocenters. The first-order valence-electron chi connectivity index (χ1n) is 10.4. The van der Waals surface area contributed by atoms with Crippen LogP contribution in [0.1, 0.15) is 43.9 Å². The first kappa shape index (κ1) is 20.6. The number of fused-ring (bicyclic) bond motifs is 3. The topological polar surface area (TPSA) is 0 Å². The van der Waals surface area contributed by atoms with Crippen molar-refractivity contribution in [2.45, 2.75) is 32.6 Å². The molecule has 0 bridgehead atoms. The van der Waals surface area contributed by atoms with E-state index in [0.717, 1.165) is 12.0 Å². The molecule has 0 fully saturated rings. The summed E-state index contributed by atoms with van der Waals surface area (Å²) in [5.41, 5.74) is 8.61. The Bertz CT molecular complexity index is 989. The number of benzene rings is 3. The standard InChI is InChI=1S/C27H24.C2H6/c1-4-21(3)27(19-18-20(2)22-12-6-5-7-13-22)25-16-10-8-14-23(25)24-15-9-11-17-26(24)27;1-2/h4-18H,1,3,19H2,2H3;1-2H3/b20-18+;. The SMILES string of the molecule is C=CC(=C)C1(C/C=C(\C)c2ccccc2)c2ccccc2-c2ccccc21.CC. The summed E-state index contributed by atoms with van der Waals surface area (Å²) in [5.74, 6) is 0. The second kappa shape index (κ2) is 8.92. The van der Waals surface area contributed by atoms with Crippen LogP contribution in [0.4, 0.5) is 0 Å². The second-order valence-electron chi connectivity index (χ2n) is 7.18. The molecule has 0 aliphatic heterocycles. The minimum atomic E-state index is -0.259. The van der Waals surface area contributed by atoms with Gasteiger partial charge in [0.2, 0.25) is 0 Å². The molecule has 0 amide bonds. The van der Waals surface area contributed by atoms with Gasteiger partial charge in [-0.15, -0.1) is 0 Å². The molecule has 0 saturated carbocycles. The molecule has 0 aromatic heterocycles. The van der Waals surface area contributed by atoms with Gasteiger partial charge < -0.3 is 0 Å². The van der Waals surface area contributed by atoms with Crippen molar-refractivity contribution in [3.8, 4) is 11.1 Å². The third kappa shape index (κ3) is 3.51. The van der Waals surface area contributed by atoms with Crippen molar-refractivity contribution < 1.29 is 0 Å². The molecule has 1 aliphatic carbocycles. The summed E-state index contributed by atoms with van der Waals surface area (Å²) in [4.78, 5) is 0. The summed E-state index contributed by atoms with van der Waals surface area (Å²) in [6, 6.07) is 28.0. The predicted octanol–water partition coefficient (Wildman–Crippen LogP) is 8.22. The maximum Gasteiger partial charge on any atom is 0.0492 e. The maximum atomic E-state index is 4.43. The van der Waals surface area contributed by atoms with Crippen LogP contribution in [-0.4, -0.2) is 0 Å². The van der Waals surface area contributed by atoms with Crippen LogP contribution in [0.5, 0.6) is 0 Å². The Hall–Kier alpha value is -3.12. The molecule has 0 radical (unpaired) electrons. The van der Waals surface area contributed by atoms with Gasteiger partial charge in [-0.25, -0.2) is 0 Å². The third-order valence-corrected chi connectivity index (χ3v) is 5.80. The zero-order valence-electron chi connectivity index (χ0n) is 17.8. The van der Waals surface area contributed by atoms with Crippen LogP contribution >= 0.6 is 0 Å². The summed E-state index contributed by atoms with van der Waals surface area (Å²) < 4.78 is 0. The Kier molecular flexibility index (Phi) is 6.34. The average molecular weight is 379 g/mol. The lowest BCUT2D eigenvalue weighted by molar-refractivity contribution is 0.646. The highest BCUT2D eigenvalue weighted by Crippen LogP contribution is 2.54. The van der Waals surface area contributed by atoms with Crippen LogP contribution in [-0.2, 0) is 5.41 Å². The van der Waals surface area contributed by atoms with Gasteiger partial charge in [0.25, 0.3) is 0 Å². The molecule has 146 valence electrons. The average Bonchev–Trinajstić information content (AvgIpc) is 3.10. The highest BCUT2D eigenvalue weighted by molar-refractivity contribution is 5.84. The first-order chi connectivity index (χ1) is 14.2. The monoisotopic (exact) mass is 378 g/mol. The van der Waals surface area contributed by atoms with Gasteiger partial charge in [-0.2, -0.15) is 0 Å². The van der Waals surface area contributed by atoms with E-state index in [1.165, 1.54) is 33.4 Å². The molecular weight excluding hydrogens is 348 g/mol. The van der Waals surface area contributed by atoms with E-state index in [0.29, 0.717) is 0 Å². The highest BCUT2D eigenvalue weighted by Gasteiger charge is 2.43. The molecule has 0 saturated heterocycles. The summed E-state index contributed by atoms with van der Waals surface area (Å²) in [7, 11) is 0. The quantitative estimate of drug-likeness (QED) is 0.392. The summed E-state index contributed by atoms with van der Waals surface area (Å²) in [6.45, 7) is 14.7. The van der Waals surface area contributed by atoms with E-state index < -0.39 is 0 Å². The summed E-state index contributed by atoms with van der Waals surface area (Å²) >= 11 is 0. The zero-order valence-corrected chi connectivity index (χ0v) is 17.8. The van der Waals surface area contributed by atoms with Gasteiger partial charge in [0.05, 0.1) is 0 Å². The number of hydrogen-bond donors (Lipinski definition) is 0. The van der Waals surface area contributed by atoms with Crippen LogP contribution in [0, 0.1) is 0 Å². The van der Waals surface area contributed by atoms with Crippen molar-refractivity contribution in [2.75, 3.05) is 0 Å². The zero-order chi connectivity index (χ0) is 20.9. The van der Waals surface area contributed by atoms with Gasteiger partial charge >= 0.3 is 0 Å². The van der Waals surface area contributed by atoms with E-state index in [1.54, 1.807) is 0 Å². The molecule has 0 unspecified atom stereocenters. The molecule has 0 spiro atoms. The Labute approximate surface area is 175 Å². The Balaban J connectivity index is 0.00000117. The van der Waals surface area contributed by atoms with Crippen molar-refractivity contribution in [3.05, 3.63) is 126 Å². The summed E-state index contributed by atoms with van der Waals surface area (Å²) in [6.07, 6.45) is 5.14. The van der Waals surface area contributed by atoms with E-state index in [1.807, 2.05) is 19.9 Å². The first-order valence-corrected chi connectivity index (χ1v) is 10.4. The third-order valence-electron chi connectivity index (χ3n) is 5.80. The fourth-order valence-electron chi connectivity index (χ4n) is 4.32. The van der Waals surface area contributed by atoms with Crippen LogP contribution < -0.4 is 0 Å². The molecule has 0 N–H and O–H groups in total. The van der Waals surface area contributed by atoms with Crippen molar-refractivity contribution in [1.82, 2.24) is 0 Å². The van der Waals surface area contributed by atoms with Crippen LogP contribution in [0.15, 0.2) is 110 Å². The smallest absolute Gasteiger partial charge is 0.0492 e. The van der Waals surface area contributed by atoms with Gasteiger partial charge in [0.1, 0.15) is 0 Å². The van der Waals surface area contributed by atoms with E-state index in [-0.39, 0.29) is 5.41 Å². The molecule has 29 heavy (non-hydrogen) atoms. The van der Waals surface area contributed by atoms with E-state index in [4.69, 9.17) is 0 Å². The fraction of sp³-hybridized carbons (Fsp3) is 0.172. The van der Waals surface area contributed by atoms with Crippen molar-refractivity contribution in [3.63, 3.8) is 0 Å². The van der Waals surface area contributed by atoms with Gasteiger partial charge in [-0.3, -0.25) is 0 Å². The van der Waals surface area contributed by atoms with Crippen LogP contribution in [0.25, 0.3) is 16.7 Å². The number of allylic oxidation sites excluding steroid dienone is 4. The molecule has 3 aromatic carbocycles. The molecule has 1 aliphatic rings. The molecule has 0 heterocycles. The van der Waals surface area contributed by atoms with E-state index in [9.17, 15) is 0 Å². The molecule has 4 rings (SSSR count). The van der Waals surface area contributed by atoms with Crippen LogP contribution in [0.2, 0.25) is 0 Å². The van der Waals surface area contributed by atoms with Crippen molar-refractivity contribution in [2.24, 2.45) is 0 Å². The normalized spacial score (nSPS) is 13.6. The van der Waals surface area contributed by atoms with E-state index in [2.05, 4.69) is 105 Å². The lowest BCUT2D eigenvalue weighted by Gasteiger charge is -2.32. The fourth-order valence-corrected chi connectivity index (χ4v) is 4.32. The second-order valence-corrected chi connectivity index (χ2v) is 7.18.